The maximum absolute atomic E-state index is 11.6. The summed E-state index contributed by atoms with van der Waals surface area (Å²) >= 11 is 0. The first-order valence-corrected chi connectivity index (χ1v) is 2.78. The largest absolute Gasteiger partial charge is 0.359 e. The maximum atomic E-state index is 11.6. The van der Waals surface area contributed by atoms with Crippen molar-refractivity contribution in [3.05, 3.63) is 30.3 Å². The molecule has 0 saturated heterocycles. The first-order chi connectivity index (χ1) is 4.43. The fourth-order valence-electron chi connectivity index (χ4n) is 0.633. The third-order valence-corrected chi connectivity index (χ3v) is 1.04. The molecule has 0 unspecified atom stereocenters. The molecule has 0 aliphatic rings. The van der Waals surface area contributed by atoms with Gasteiger partial charge in [-0.25, -0.2) is 4.39 Å². The molecule has 0 bridgehead atoms. The van der Waals surface area contributed by atoms with Crippen LogP contribution >= 0.6 is 0 Å². The lowest BCUT2D eigenvalue weighted by Crippen LogP contribution is -1.93. The van der Waals surface area contributed by atoms with Crippen molar-refractivity contribution < 1.29 is 4.39 Å². The van der Waals surface area contributed by atoms with Gasteiger partial charge in [0.2, 0.25) is 0 Å². The normalized spacial score (nSPS) is 9.00. The van der Waals surface area contributed by atoms with Crippen LogP contribution in [0.1, 0.15) is 0 Å². The Labute approximate surface area is 53.5 Å². The van der Waals surface area contributed by atoms with Crippen LogP contribution in [0.15, 0.2) is 30.3 Å². The standard InChI is InChI=1S/C7H8FN/c8-6-9-7-4-2-1-3-5-7/h1-5,9H,6H2. The zero-order valence-corrected chi connectivity index (χ0v) is 4.97. The van der Waals surface area contributed by atoms with Crippen molar-refractivity contribution in [2.45, 2.75) is 0 Å². The summed E-state index contributed by atoms with van der Waals surface area (Å²) in [7, 11) is 0. The third-order valence-electron chi connectivity index (χ3n) is 1.04. The predicted octanol–water partition coefficient (Wildman–Crippen LogP) is 2.03. The van der Waals surface area contributed by atoms with Crippen LogP contribution in [0.5, 0.6) is 0 Å². The molecule has 9 heavy (non-hydrogen) atoms. The maximum Gasteiger partial charge on any atom is 0.159 e. The molecule has 1 N–H and O–H groups in total. The van der Waals surface area contributed by atoms with E-state index in [1.165, 1.54) is 0 Å². The van der Waals surface area contributed by atoms with Crippen LogP contribution in [0.25, 0.3) is 0 Å². The van der Waals surface area contributed by atoms with Crippen molar-refractivity contribution in [1.82, 2.24) is 0 Å². The Bertz CT molecular complexity index is 162. The number of nitrogens with one attached hydrogen (secondary N) is 1. The zero-order valence-electron chi connectivity index (χ0n) is 4.97. The van der Waals surface area contributed by atoms with E-state index >= 15 is 0 Å². The molecule has 0 amide bonds. The van der Waals surface area contributed by atoms with E-state index in [1.54, 1.807) is 0 Å². The number of anilines is 1. The molecule has 2 heteroatoms. The van der Waals surface area contributed by atoms with E-state index in [1.807, 2.05) is 30.3 Å². The Morgan fingerprint density at radius 1 is 1.22 bits per heavy atom. The highest BCUT2D eigenvalue weighted by atomic mass is 19.1. The molecule has 1 nitrogen and oxygen atoms in total. The van der Waals surface area contributed by atoms with Gasteiger partial charge >= 0.3 is 0 Å². The van der Waals surface area contributed by atoms with Crippen molar-refractivity contribution in [2.75, 3.05) is 12.1 Å². The number of hydrogen-bond donors (Lipinski definition) is 1. The molecule has 0 heterocycles. The van der Waals surface area contributed by atoms with Gasteiger partial charge in [-0.2, -0.15) is 0 Å². The van der Waals surface area contributed by atoms with E-state index in [0.717, 1.165) is 5.69 Å². The Morgan fingerprint density at radius 3 is 2.44 bits per heavy atom. The number of alkyl halides is 1. The van der Waals surface area contributed by atoms with Crippen molar-refractivity contribution >= 4 is 5.69 Å². The van der Waals surface area contributed by atoms with E-state index in [2.05, 4.69) is 5.32 Å². The summed E-state index contributed by atoms with van der Waals surface area (Å²) in [6.07, 6.45) is 0. The van der Waals surface area contributed by atoms with Gasteiger partial charge in [-0.05, 0) is 12.1 Å². The second-order valence-electron chi connectivity index (χ2n) is 1.68. The monoisotopic (exact) mass is 125 g/mol. The van der Waals surface area contributed by atoms with Gasteiger partial charge in [0.15, 0.2) is 6.80 Å². The molecule has 1 rings (SSSR count). The Hall–Kier alpha value is -1.05. The Balaban J connectivity index is 2.61. The number of benzene rings is 1. The van der Waals surface area contributed by atoms with E-state index in [4.69, 9.17) is 0 Å². The summed E-state index contributed by atoms with van der Waals surface area (Å²) in [6.45, 7) is -0.510. The van der Waals surface area contributed by atoms with Gasteiger partial charge in [0, 0.05) is 5.69 Å². The summed E-state index contributed by atoms with van der Waals surface area (Å²) in [6, 6.07) is 9.25. The molecule has 48 valence electrons. The average molecular weight is 125 g/mol. The smallest absolute Gasteiger partial charge is 0.159 e. The van der Waals surface area contributed by atoms with Crippen LogP contribution < -0.4 is 5.32 Å². The molecule has 0 atom stereocenters. The van der Waals surface area contributed by atoms with Crippen molar-refractivity contribution in [1.29, 1.82) is 0 Å². The molecular formula is C7H8FN. The van der Waals surface area contributed by atoms with E-state index in [0.29, 0.717) is 0 Å². The second kappa shape index (κ2) is 3.07. The molecule has 0 aliphatic carbocycles. The van der Waals surface area contributed by atoms with E-state index < -0.39 is 6.80 Å². The highest BCUT2D eigenvalue weighted by Gasteiger charge is 1.83. The predicted molar refractivity (Wildman–Crippen MR) is 36.0 cm³/mol. The van der Waals surface area contributed by atoms with Crippen LogP contribution in [0, 0.1) is 0 Å². The van der Waals surface area contributed by atoms with Gasteiger partial charge in [-0.1, -0.05) is 18.2 Å². The molecule has 0 spiro atoms. The third kappa shape index (κ3) is 1.72. The quantitative estimate of drug-likeness (QED) is 0.596. The summed E-state index contributed by atoms with van der Waals surface area (Å²) in [5.74, 6) is 0. The van der Waals surface area contributed by atoms with E-state index in [-0.39, 0.29) is 0 Å². The number of rotatable bonds is 2. The Morgan fingerprint density at radius 2 is 1.89 bits per heavy atom. The van der Waals surface area contributed by atoms with Gasteiger partial charge in [0.25, 0.3) is 0 Å². The lowest BCUT2D eigenvalue weighted by Gasteiger charge is -1.97. The molecule has 0 radical (unpaired) electrons. The van der Waals surface area contributed by atoms with Crippen LogP contribution in [0.3, 0.4) is 0 Å². The molecule has 1 aromatic carbocycles. The van der Waals surface area contributed by atoms with E-state index in [9.17, 15) is 4.39 Å². The van der Waals surface area contributed by atoms with Crippen LogP contribution in [-0.2, 0) is 0 Å². The van der Waals surface area contributed by atoms with Crippen molar-refractivity contribution in [3.8, 4) is 0 Å². The average Bonchev–Trinajstić information content (AvgIpc) is 1.91. The summed E-state index contributed by atoms with van der Waals surface area (Å²) in [5, 5.41) is 2.54. The van der Waals surface area contributed by atoms with Crippen molar-refractivity contribution in [2.24, 2.45) is 0 Å². The molecule has 0 fully saturated rings. The summed E-state index contributed by atoms with van der Waals surface area (Å²) in [5.41, 5.74) is 0.819. The second-order valence-corrected chi connectivity index (χ2v) is 1.68. The van der Waals surface area contributed by atoms with Crippen LogP contribution in [0.4, 0.5) is 10.1 Å². The first-order valence-electron chi connectivity index (χ1n) is 2.78. The molecule has 1 aromatic rings. The van der Waals surface area contributed by atoms with Gasteiger partial charge in [0.05, 0.1) is 0 Å². The highest BCUT2D eigenvalue weighted by Crippen LogP contribution is 2.03. The molecular weight excluding hydrogens is 117 g/mol. The van der Waals surface area contributed by atoms with Crippen molar-refractivity contribution in [3.63, 3.8) is 0 Å². The summed E-state index contributed by atoms with van der Waals surface area (Å²) < 4.78 is 11.6. The molecule has 0 aromatic heterocycles. The fourth-order valence-corrected chi connectivity index (χ4v) is 0.633. The lowest BCUT2D eigenvalue weighted by molar-refractivity contribution is 0.536. The van der Waals surface area contributed by atoms with Crippen LogP contribution in [-0.4, -0.2) is 6.80 Å². The van der Waals surface area contributed by atoms with Crippen LogP contribution in [0.2, 0.25) is 0 Å². The highest BCUT2D eigenvalue weighted by molar-refractivity contribution is 5.41. The van der Waals surface area contributed by atoms with Gasteiger partial charge in [-0.3, -0.25) is 0 Å². The summed E-state index contributed by atoms with van der Waals surface area (Å²) in [4.78, 5) is 0. The van der Waals surface area contributed by atoms with Gasteiger partial charge in [0.1, 0.15) is 0 Å². The first kappa shape index (κ1) is 6.08. The number of hydrogen-bond acceptors (Lipinski definition) is 1. The lowest BCUT2D eigenvalue weighted by atomic mass is 10.3. The SMILES string of the molecule is FCNc1ccccc1. The number of halogens is 1. The minimum Gasteiger partial charge on any atom is -0.359 e. The molecule has 0 aliphatic heterocycles. The minimum absolute atomic E-state index is 0.510. The Kier molecular flexibility index (Phi) is 2.07. The zero-order chi connectivity index (χ0) is 6.53. The minimum atomic E-state index is -0.510. The molecule has 0 saturated carbocycles. The fraction of sp³-hybridized carbons (Fsp3) is 0.143. The van der Waals surface area contributed by atoms with Gasteiger partial charge in [-0.15, -0.1) is 0 Å². The topological polar surface area (TPSA) is 12.0 Å². The van der Waals surface area contributed by atoms with Gasteiger partial charge < -0.3 is 5.32 Å². The number of para-hydroxylation sites is 1.